The molecule has 12 heteroatoms. The minimum Gasteiger partial charge on any atom is -0.466 e. The Bertz CT molecular complexity index is 1550. The molecule has 0 fully saturated rings. The number of carbonyl (C=O) groups is 2. The molecule has 1 N–H and O–H groups in total. The third kappa shape index (κ3) is 27.9. The highest BCUT2D eigenvalue weighted by Gasteiger charge is 2.26. The highest BCUT2D eigenvalue weighted by Crippen LogP contribution is 2.43. The molecular weight excluding hydrogens is 830 g/mol. The molecule has 2 heterocycles. The normalized spacial score (nSPS) is 13.1. The number of hydrogen-bond acceptors (Lipinski definition) is 10. The maximum Gasteiger partial charge on any atom is 0.472 e. The number of aryl methyl sites for hydroxylation is 5. The zero-order valence-electron chi connectivity index (χ0n) is 41.7. The van der Waals surface area contributed by atoms with Gasteiger partial charge >= 0.3 is 19.8 Å². The van der Waals surface area contributed by atoms with Crippen LogP contribution in [0.5, 0.6) is 0 Å². The molecule has 0 aliphatic carbocycles. The van der Waals surface area contributed by atoms with E-state index in [1.165, 1.54) is 125 Å². The molecule has 2 aromatic heterocycles. The number of furan rings is 2. The number of unbranched alkanes of at least 4 members (excludes halogenated alkanes) is 20. The number of ether oxygens (including phenoxy) is 2. The second-order valence-corrected chi connectivity index (χ2v) is 19.9. The van der Waals surface area contributed by atoms with E-state index in [1.54, 1.807) is 0 Å². The van der Waals surface area contributed by atoms with Crippen molar-refractivity contribution in [2.45, 2.75) is 233 Å². The zero-order valence-corrected chi connectivity index (χ0v) is 42.6. The number of phosphoric ester groups is 1. The van der Waals surface area contributed by atoms with Crippen LogP contribution in [0.15, 0.2) is 14.9 Å². The summed E-state index contributed by atoms with van der Waals surface area (Å²) < 4.78 is 46.1. The Labute approximate surface area is 389 Å². The first-order valence-electron chi connectivity index (χ1n) is 25.6. The van der Waals surface area contributed by atoms with Gasteiger partial charge in [0.2, 0.25) is 0 Å². The first-order chi connectivity index (χ1) is 30.8. The summed E-state index contributed by atoms with van der Waals surface area (Å²) in [6.07, 6.45) is 30.6. The number of phosphoric acid groups is 1. The Morgan fingerprint density at radius 1 is 0.594 bits per heavy atom. The number of nitrogens with zero attached hydrogens (tertiary/aromatic N) is 1. The van der Waals surface area contributed by atoms with Crippen LogP contribution < -0.4 is 0 Å². The summed E-state index contributed by atoms with van der Waals surface area (Å²) in [5, 5.41) is 0. The summed E-state index contributed by atoms with van der Waals surface area (Å²) in [5.41, 5.74) is 3.97. The van der Waals surface area contributed by atoms with Gasteiger partial charge in [0.1, 0.15) is 29.6 Å². The van der Waals surface area contributed by atoms with E-state index in [4.69, 9.17) is 27.4 Å². The van der Waals surface area contributed by atoms with Crippen LogP contribution >= 0.6 is 7.82 Å². The molecule has 0 amide bonds. The number of hydrogen-bond donors (Lipinski definition) is 1. The predicted octanol–water partition coefficient (Wildman–Crippen LogP) is 14.0. The quantitative estimate of drug-likeness (QED) is 0.0387. The second-order valence-electron chi connectivity index (χ2n) is 18.5. The van der Waals surface area contributed by atoms with Crippen LogP contribution in [0.4, 0.5) is 0 Å². The standard InChI is InChI=1S/C52H92NO10P/c1-8-10-26-32-46-40-43(3)48(61-46)33-28-22-18-16-17-20-24-30-36-51(54)58-41-47(42-60-64(56,57)59-39-38-53(6)7)62-52(55)37-31-25-21-15-13-12-14-19-23-29-35-50-45(5)44(4)49(63-50)34-27-11-9-2/h40,47H,8-39,41-42H2,1-7H3,(H,56,57)/t47-/m1/s1. The summed E-state index contributed by atoms with van der Waals surface area (Å²) in [6, 6.07) is 2.21. The number of esters is 2. The smallest absolute Gasteiger partial charge is 0.466 e. The van der Waals surface area contributed by atoms with Crippen LogP contribution in [0, 0.1) is 20.8 Å². The van der Waals surface area contributed by atoms with Crippen LogP contribution in [0.2, 0.25) is 0 Å². The molecule has 0 radical (unpaired) electrons. The van der Waals surface area contributed by atoms with Gasteiger partial charge in [0, 0.05) is 45.1 Å². The van der Waals surface area contributed by atoms with Gasteiger partial charge in [-0.1, -0.05) is 129 Å². The van der Waals surface area contributed by atoms with Crippen molar-refractivity contribution >= 4 is 19.8 Å². The number of likely N-dealkylation sites (N-methyl/N-ethyl adjacent to an activating group) is 1. The fourth-order valence-electron chi connectivity index (χ4n) is 8.00. The molecule has 0 aromatic carbocycles. The summed E-state index contributed by atoms with van der Waals surface area (Å²) in [5.74, 6) is 3.82. The molecule has 0 aliphatic rings. The van der Waals surface area contributed by atoms with E-state index in [0.29, 0.717) is 13.0 Å². The molecule has 2 rings (SSSR count). The third-order valence-corrected chi connectivity index (χ3v) is 13.2. The lowest BCUT2D eigenvalue weighted by Gasteiger charge is -2.20. The average Bonchev–Trinajstić information content (AvgIpc) is 3.75. The van der Waals surface area contributed by atoms with E-state index in [9.17, 15) is 19.0 Å². The Kier molecular flexibility index (Phi) is 32.2. The molecule has 0 saturated carbocycles. The van der Waals surface area contributed by atoms with Crippen molar-refractivity contribution in [3.8, 4) is 0 Å². The van der Waals surface area contributed by atoms with E-state index in [2.05, 4.69) is 40.7 Å². The summed E-state index contributed by atoms with van der Waals surface area (Å²) in [4.78, 5) is 37.4. The molecule has 0 bridgehead atoms. The SMILES string of the molecule is CCCCCc1cc(C)c(CCCCCCCCCCC(=O)OC[C@H](COP(=O)(O)OCCN(C)C)OC(=O)CCCCCCCCCCCCc2oc(CCCCC)c(C)c2C)o1. The van der Waals surface area contributed by atoms with Crippen LogP contribution in [0.3, 0.4) is 0 Å². The number of carbonyl (C=O) groups excluding carboxylic acids is 2. The van der Waals surface area contributed by atoms with Gasteiger partial charge in [-0.05, 0) is 96.1 Å². The van der Waals surface area contributed by atoms with Gasteiger partial charge in [0.25, 0.3) is 0 Å². The van der Waals surface area contributed by atoms with E-state index < -0.39 is 26.5 Å². The van der Waals surface area contributed by atoms with Gasteiger partial charge in [0.05, 0.1) is 13.2 Å². The van der Waals surface area contributed by atoms with Crippen molar-refractivity contribution in [2.75, 3.05) is 40.5 Å². The van der Waals surface area contributed by atoms with Gasteiger partial charge in [-0.15, -0.1) is 0 Å². The van der Waals surface area contributed by atoms with Crippen molar-refractivity contribution in [3.63, 3.8) is 0 Å². The average molecular weight is 922 g/mol. The van der Waals surface area contributed by atoms with Crippen molar-refractivity contribution in [3.05, 3.63) is 45.8 Å². The van der Waals surface area contributed by atoms with Gasteiger partial charge in [0.15, 0.2) is 6.10 Å². The largest absolute Gasteiger partial charge is 0.472 e. The molecule has 0 spiro atoms. The summed E-state index contributed by atoms with van der Waals surface area (Å²) >= 11 is 0. The monoisotopic (exact) mass is 922 g/mol. The fourth-order valence-corrected chi connectivity index (χ4v) is 8.74. The van der Waals surface area contributed by atoms with Crippen molar-refractivity contribution in [1.29, 1.82) is 0 Å². The molecule has 1 unspecified atom stereocenters. The van der Waals surface area contributed by atoms with Gasteiger partial charge < -0.3 is 28.1 Å². The van der Waals surface area contributed by atoms with Crippen molar-refractivity contribution in [2.24, 2.45) is 0 Å². The zero-order chi connectivity index (χ0) is 46.8. The van der Waals surface area contributed by atoms with E-state index in [0.717, 1.165) is 88.6 Å². The Morgan fingerprint density at radius 3 is 1.56 bits per heavy atom. The summed E-state index contributed by atoms with van der Waals surface area (Å²) in [6.45, 7) is 10.8. The Morgan fingerprint density at radius 2 is 1.05 bits per heavy atom. The van der Waals surface area contributed by atoms with Crippen molar-refractivity contribution < 1.29 is 46.4 Å². The molecule has 0 saturated heterocycles. The molecular formula is C52H92NO10P. The fraction of sp³-hybridized carbons (Fsp3) is 0.808. The highest BCUT2D eigenvalue weighted by atomic mass is 31.2. The second kappa shape index (κ2) is 35.7. The lowest BCUT2D eigenvalue weighted by atomic mass is 10.0. The van der Waals surface area contributed by atoms with Gasteiger partial charge in [-0.25, -0.2) is 4.57 Å². The van der Waals surface area contributed by atoms with Crippen LogP contribution in [-0.4, -0.2) is 68.3 Å². The molecule has 64 heavy (non-hydrogen) atoms. The topological polar surface area (TPSA) is 138 Å². The molecule has 11 nitrogen and oxygen atoms in total. The van der Waals surface area contributed by atoms with Gasteiger partial charge in [-0.2, -0.15) is 0 Å². The van der Waals surface area contributed by atoms with Crippen molar-refractivity contribution in [1.82, 2.24) is 4.90 Å². The maximum atomic E-state index is 12.8. The number of rotatable bonds is 42. The van der Waals surface area contributed by atoms with E-state index in [-0.39, 0.29) is 32.0 Å². The molecule has 370 valence electrons. The first-order valence-corrected chi connectivity index (χ1v) is 27.1. The molecule has 2 aromatic rings. The highest BCUT2D eigenvalue weighted by molar-refractivity contribution is 7.47. The van der Waals surface area contributed by atoms with Crippen LogP contribution in [0.25, 0.3) is 0 Å². The van der Waals surface area contributed by atoms with Crippen LogP contribution in [0.1, 0.15) is 221 Å². The lowest BCUT2D eigenvalue weighted by molar-refractivity contribution is -0.161. The minimum absolute atomic E-state index is 0.00226. The van der Waals surface area contributed by atoms with Gasteiger partial charge in [-0.3, -0.25) is 18.6 Å². The van der Waals surface area contributed by atoms with E-state index >= 15 is 0 Å². The predicted molar refractivity (Wildman–Crippen MR) is 259 cm³/mol. The summed E-state index contributed by atoms with van der Waals surface area (Å²) in [7, 11) is -0.738. The third-order valence-electron chi connectivity index (χ3n) is 12.3. The molecule has 2 atom stereocenters. The minimum atomic E-state index is -4.39. The maximum absolute atomic E-state index is 12.8. The lowest BCUT2D eigenvalue weighted by Crippen LogP contribution is -2.29. The Balaban J connectivity index is 1.58. The molecule has 0 aliphatic heterocycles. The van der Waals surface area contributed by atoms with E-state index in [1.807, 2.05) is 19.0 Å². The Hall–Kier alpha value is -2.43. The first kappa shape index (κ1) is 57.7. The van der Waals surface area contributed by atoms with Crippen LogP contribution in [-0.2, 0) is 58.4 Å².